The van der Waals surface area contributed by atoms with Gasteiger partial charge in [-0.15, -0.1) is 12.4 Å². The summed E-state index contributed by atoms with van der Waals surface area (Å²) in [6.07, 6.45) is 4.15. The van der Waals surface area contributed by atoms with Crippen molar-refractivity contribution in [2.45, 2.75) is 57.5 Å². The van der Waals surface area contributed by atoms with E-state index in [1.54, 1.807) is 4.90 Å². The highest BCUT2D eigenvalue weighted by Crippen LogP contribution is 2.49. The van der Waals surface area contributed by atoms with Crippen molar-refractivity contribution in [3.05, 3.63) is 59.2 Å². The van der Waals surface area contributed by atoms with Gasteiger partial charge in [-0.2, -0.15) is 0 Å². The van der Waals surface area contributed by atoms with Crippen LogP contribution in [0.4, 0.5) is 8.78 Å². The van der Waals surface area contributed by atoms with Gasteiger partial charge in [-0.1, -0.05) is 42.5 Å². The largest absolute Gasteiger partial charge is 0.338 e. The molecule has 0 spiro atoms. The molecule has 0 bridgehead atoms. The van der Waals surface area contributed by atoms with Crippen LogP contribution < -0.4 is 0 Å². The second-order valence-corrected chi connectivity index (χ2v) is 9.49. The van der Waals surface area contributed by atoms with Crippen LogP contribution in [0.1, 0.15) is 42.9 Å². The fraction of sp³-hybridized carbons (Fsp3) is 0.500. The summed E-state index contributed by atoms with van der Waals surface area (Å²) >= 11 is 0. The maximum atomic E-state index is 13.3. The molecule has 1 amide bonds. The highest BCUT2D eigenvalue weighted by Gasteiger charge is 2.62. The lowest BCUT2D eigenvalue weighted by molar-refractivity contribution is -0.135. The normalized spacial score (nSPS) is 24.0. The van der Waals surface area contributed by atoms with Crippen LogP contribution in [0.25, 0.3) is 11.1 Å². The first-order valence-corrected chi connectivity index (χ1v) is 11.5. The van der Waals surface area contributed by atoms with Crippen LogP contribution >= 0.6 is 12.4 Å². The molecule has 2 aliphatic heterocycles. The predicted molar refractivity (Wildman–Crippen MR) is 125 cm³/mol. The van der Waals surface area contributed by atoms with Gasteiger partial charge in [-0.3, -0.25) is 4.79 Å². The van der Waals surface area contributed by atoms with Crippen molar-refractivity contribution in [3.63, 3.8) is 0 Å². The molecule has 0 aromatic heterocycles. The van der Waals surface area contributed by atoms with Crippen LogP contribution in [0.5, 0.6) is 0 Å². The lowest BCUT2D eigenvalue weighted by atomic mass is 9.94. The number of alkyl halides is 2. The van der Waals surface area contributed by atoms with Gasteiger partial charge in [0.25, 0.3) is 5.92 Å². The first kappa shape index (κ1) is 23.2. The lowest BCUT2D eigenvalue weighted by Crippen LogP contribution is -2.37. The number of benzene rings is 2. The Morgan fingerprint density at radius 3 is 2.44 bits per heavy atom. The Labute approximate surface area is 195 Å². The molecule has 2 atom stereocenters. The number of rotatable bonds is 5. The Morgan fingerprint density at radius 1 is 1.06 bits per heavy atom. The molecule has 2 aromatic carbocycles. The van der Waals surface area contributed by atoms with Crippen LogP contribution in [0.3, 0.4) is 0 Å². The highest BCUT2D eigenvalue weighted by molar-refractivity contribution is 5.85. The fourth-order valence-electron chi connectivity index (χ4n) is 5.08. The summed E-state index contributed by atoms with van der Waals surface area (Å²) < 4.78 is 26.5. The number of fused-ring (bicyclic) bond motifs is 1. The number of carbonyl (C=O) groups excluding carboxylic acids is 1. The maximum absolute atomic E-state index is 13.3. The van der Waals surface area contributed by atoms with Gasteiger partial charge >= 0.3 is 0 Å². The van der Waals surface area contributed by atoms with E-state index < -0.39 is 17.7 Å². The zero-order chi connectivity index (χ0) is 21.6. The molecule has 1 saturated carbocycles. The summed E-state index contributed by atoms with van der Waals surface area (Å²) in [5.74, 6) is -4.28. The van der Waals surface area contributed by atoms with Crippen molar-refractivity contribution in [2.75, 3.05) is 19.6 Å². The second-order valence-electron chi connectivity index (χ2n) is 9.49. The Bertz CT molecular complexity index is 978. The molecule has 32 heavy (non-hydrogen) atoms. The van der Waals surface area contributed by atoms with E-state index in [0.717, 1.165) is 24.9 Å². The van der Waals surface area contributed by atoms with Crippen LogP contribution in [-0.4, -0.2) is 47.3 Å². The van der Waals surface area contributed by atoms with E-state index >= 15 is 0 Å². The molecule has 0 radical (unpaired) electrons. The third kappa shape index (κ3) is 4.69. The lowest BCUT2D eigenvalue weighted by Gasteiger charge is -2.29. The van der Waals surface area contributed by atoms with Crippen molar-refractivity contribution in [1.29, 1.82) is 0 Å². The third-order valence-corrected chi connectivity index (χ3v) is 7.32. The average Bonchev–Trinajstić information content (AvgIpc) is 3.22. The molecule has 1 saturated heterocycles. The molecule has 1 aliphatic carbocycles. The standard InChI is InChI=1S/C26H30F2N2O.ClH/c1-18-3-2-12-29(18)13-10-19-4-6-20(7-5-19)21-8-9-23-17-30(14-11-22(23)15-21)25(31)24-16-26(24,27)28;/h4-9,15,18,24H,2-3,10-14,16-17H2,1H3;1H/t18-,24?;/m1./s1. The average molecular weight is 461 g/mol. The van der Waals surface area contributed by atoms with E-state index in [1.807, 2.05) is 0 Å². The van der Waals surface area contributed by atoms with Crippen LogP contribution in [-0.2, 0) is 24.2 Å². The van der Waals surface area contributed by atoms with Gasteiger partial charge in [-0.25, -0.2) is 8.78 Å². The van der Waals surface area contributed by atoms with E-state index in [9.17, 15) is 13.6 Å². The predicted octanol–water partition coefficient (Wildman–Crippen LogP) is 5.34. The summed E-state index contributed by atoms with van der Waals surface area (Å²) in [4.78, 5) is 16.5. The molecular weight excluding hydrogens is 430 g/mol. The number of nitrogens with zero attached hydrogens (tertiary/aromatic N) is 2. The smallest absolute Gasteiger partial charge is 0.260 e. The molecule has 6 heteroatoms. The van der Waals surface area contributed by atoms with Crippen LogP contribution in [0.2, 0.25) is 0 Å². The Hall–Kier alpha value is -1.98. The van der Waals surface area contributed by atoms with E-state index in [-0.39, 0.29) is 18.8 Å². The van der Waals surface area contributed by atoms with Gasteiger partial charge in [0.2, 0.25) is 5.91 Å². The van der Waals surface area contributed by atoms with Gasteiger partial charge in [0.05, 0.1) is 0 Å². The van der Waals surface area contributed by atoms with Gasteiger partial charge in [-0.05, 0) is 67.0 Å². The third-order valence-electron chi connectivity index (χ3n) is 7.32. The molecule has 3 aliphatic rings. The second kappa shape index (κ2) is 9.11. The van der Waals surface area contributed by atoms with E-state index in [0.29, 0.717) is 19.1 Å². The molecular formula is C26H31ClF2N2O. The Morgan fingerprint density at radius 2 is 1.78 bits per heavy atom. The zero-order valence-corrected chi connectivity index (χ0v) is 19.3. The minimum atomic E-state index is -2.79. The quantitative estimate of drug-likeness (QED) is 0.601. The SMILES string of the molecule is C[C@@H]1CCCN1CCc1ccc(-c2ccc3c(c2)CCN(C(=O)C2CC2(F)F)C3)cc1.Cl. The molecule has 2 aromatic rings. The first-order chi connectivity index (χ1) is 14.9. The number of hydrogen-bond donors (Lipinski definition) is 0. The van der Waals surface area contributed by atoms with Crippen molar-refractivity contribution >= 4 is 18.3 Å². The number of halogens is 3. The molecule has 5 rings (SSSR count). The number of hydrogen-bond acceptors (Lipinski definition) is 2. The van der Waals surface area contributed by atoms with Gasteiger partial charge in [0.15, 0.2) is 0 Å². The van der Waals surface area contributed by atoms with Gasteiger partial charge < -0.3 is 9.80 Å². The summed E-state index contributed by atoms with van der Waals surface area (Å²) in [6, 6.07) is 15.9. The maximum Gasteiger partial charge on any atom is 0.260 e. The Balaban J connectivity index is 0.00000245. The fourth-order valence-corrected chi connectivity index (χ4v) is 5.08. The topological polar surface area (TPSA) is 23.6 Å². The number of likely N-dealkylation sites (tertiary alicyclic amines) is 1. The summed E-state index contributed by atoms with van der Waals surface area (Å²) in [5.41, 5.74) is 6.02. The van der Waals surface area contributed by atoms with Gasteiger partial charge in [0.1, 0.15) is 5.92 Å². The van der Waals surface area contributed by atoms with Crippen molar-refractivity contribution in [3.8, 4) is 11.1 Å². The number of carbonyl (C=O) groups is 1. The molecule has 1 unspecified atom stereocenters. The molecule has 2 fully saturated rings. The zero-order valence-electron chi connectivity index (χ0n) is 18.5. The molecule has 2 heterocycles. The minimum Gasteiger partial charge on any atom is -0.338 e. The summed E-state index contributed by atoms with van der Waals surface area (Å²) in [6.45, 7) is 5.63. The molecule has 3 nitrogen and oxygen atoms in total. The van der Waals surface area contributed by atoms with E-state index in [1.165, 1.54) is 41.6 Å². The Kier molecular flexibility index (Phi) is 6.60. The van der Waals surface area contributed by atoms with E-state index in [2.05, 4.69) is 54.3 Å². The monoisotopic (exact) mass is 460 g/mol. The van der Waals surface area contributed by atoms with Crippen molar-refractivity contribution in [1.82, 2.24) is 9.80 Å². The van der Waals surface area contributed by atoms with Crippen LogP contribution in [0.15, 0.2) is 42.5 Å². The van der Waals surface area contributed by atoms with Crippen molar-refractivity contribution in [2.24, 2.45) is 5.92 Å². The summed E-state index contributed by atoms with van der Waals surface area (Å²) in [5, 5.41) is 0. The van der Waals surface area contributed by atoms with Crippen molar-refractivity contribution < 1.29 is 13.6 Å². The number of amides is 1. The van der Waals surface area contributed by atoms with Crippen LogP contribution in [0, 0.1) is 5.92 Å². The van der Waals surface area contributed by atoms with E-state index in [4.69, 9.17) is 0 Å². The summed E-state index contributed by atoms with van der Waals surface area (Å²) in [7, 11) is 0. The highest BCUT2D eigenvalue weighted by atomic mass is 35.5. The minimum absolute atomic E-state index is 0. The first-order valence-electron chi connectivity index (χ1n) is 11.5. The molecule has 0 N–H and O–H groups in total. The molecule has 172 valence electrons. The van der Waals surface area contributed by atoms with Gasteiger partial charge in [0, 0.05) is 32.1 Å².